The summed E-state index contributed by atoms with van der Waals surface area (Å²) in [7, 11) is 0. The molecule has 0 aromatic heterocycles. The van der Waals surface area contributed by atoms with E-state index in [1.165, 1.54) is 21.7 Å². The number of fused-ring (bicyclic) bond motifs is 1. The van der Waals surface area contributed by atoms with E-state index in [9.17, 15) is 9.59 Å². The number of benzene rings is 2. The maximum absolute atomic E-state index is 13.1. The first-order chi connectivity index (χ1) is 15.1. The van der Waals surface area contributed by atoms with Gasteiger partial charge in [0.1, 0.15) is 0 Å². The lowest BCUT2D eigenvalue weighted by Gasteiger charge is -2.43. The van der Waals surface area contributed by atoms with Crippen LogP contribution in [-0.2, 0) is 11.3 Å². The summed E-state index contributed by atoms with van der Waals surface area (Å²) in [6.45, 7) is 14.1. The molecule has 0 radical (unpaired) electrons. The van der Waals surface area contributed by atoms with E-state index in [1.807, 2.05) is 37.3 Å². The fourth-order valence-corrected chi connectivity index (χ4v) is 5.58. The van der Waals surface area contributed by atoms with Crippen molar-refractivity contribution in [2.75, 3.05) is 11.4 Å². The number of carbonyl (C=O) groups is 2. The molecule has 2 aromatic carbocycles. The summed E-state index contributed by atoms with van der Waals surface area (Å²) < 4.78 is 0. The lowest BCUT2D eigenvalue weighted by atomic mass is 9.87. The Bertz CT molecular complexity index is 1180. The molecule has 2 aliphatic rings. The fraction of sp³-hybridized carbons (Fsp3) is 0.333. The number of aryl methyl sites for hydroxylation is 2. The van der Waals surface area contributed by atoms with Crippen LogP contribution >= 0.6 is 11.8 Å². The van der Waals surface area contributed by atoms with Crippen molar-refractivity contribution in [3.63, 3.8) is 0 Å². The molecular weight excluding hydrogens is 416 g/mol. The number of hydrogen-bond acceptors (Lipinski definition) is 4. The van der Waals surface area contributed by atoms with Crippen molar-refractivity contribution in [3.05, 3.63) is 75.2 Å². The summed E-state index contributed by atoms with van der Waals surface area (Å²) >= 11 is 1.03. The SMILES string of the molecule is CCN1c2cc(C)c(/C=C3/SC(=O)N(Cc4cccc(C)c4)C3=O)cc2C(C)=CC1(C)C. The number of thioether (sulfide) groups is 1. The summed E-state index contributed by atoms with van der Waals surface area (Å²) in [5.74, 6) is -0.220. The molecule has 2 aromatic rings. The number of anilines is 1. The second-order valence-corrected chi connectivity index (χ2v) is 10.2. The molecule has 1 fully saturated rings. The molecule has 32 heavy (non-hydrogen) atoms. The lowest BCUT2D eigenvalue weighted by molar-refractivity contribution is -0.123. The van der Waals surface area contributed by atoms with Gasteiger partial charge in [0, 0.05) is 17.8 Å². The third-order valence-electron chi connectivity index (χ3n) is 6.26. The summed E-state index contributed by atoms with van der Waals surface area (Å²) in [6, 6.07) is 12.3. The van der Waals surface area contributed by atoms with Crippen molar-refractivity contribution < 1.29 is 9.59 Å². The topological polar surface area (TPSA) is 40.6 Å². The molecule has 2 amide bonds. The second-order valence-electron chi connectivity index (χ2n) is 9.21. The molecular formula is C27H30N2O2S. The first-order valence-electron chi connectivity index (χ1n) is 11.0. The third kappa shape index (κ3) is 4.02. The van der Waals surface area contributed by atoms with Gasteiger partial charge in [-0.15, -0.1) is 0 Å². The van der Waals surface area contributed by atoms with Crippen molar-refractivity contribution in [2.24, 2.45) is 0 Å². The first kappa shape index (κ1) is 22.4. The minimum Gasteiger partial charge on any atom is -0.363 e. The quantitative estimate of drug-likeness (QED) is 0.499. The third-order valence-corrected chi connectivity index (χ3v) is 7.17. The van der Waals surface area contributed by atoms with Crippen LogP contribution in [0.1, 0.15) is 55.5 Å². The minimum atomic E-state index is -0.220. The van der Waals surface area contributed by atoms with Crippen molar-refractivity contribution in [1.82, 2.24) is 4.90 Å². The molecule has 0 aliphatic carbocycles. The summed E-state index contributed by atoms with van der Waals surface area (Å²) in [6.07, 6.45) is 4.17. The molecule has 4 rings (SSSR count). The Morgan fingerprint density at radius 2 is 1.81 bits per heavy atom. The van der Waals surface area contributed by atoms with E-state index < -0.39 is 0 Å². The van der Waals surface area contributed by atoms with Crippen LogP contribution in [0.3, 0.4) is 0 Å². The van der Waals surface area contributed by atoms with Gasteiger partial charge < -0.3 is 4.90 Å². The number of allylic oxidation sites excluding steroid dienone is 1. The number of carbonyl (C=O) groups excluding carboxylic acids is 2. The van der Waals surface area contributed by atoms with Gasteiger partial charge in [-0.05, 0) is 93.8 Å². The number of amides is 2. The Kier molecular flexibility index (Phi) is 5.80. The van der Waals surface area contributed by atoms with Crippen LogP contribution in [0.25, 0.3) is 11.6 Å². The first-order valence-corrected chi connectivity index (χ1v) is 11.9. The molecule has 2 aliphatic heterocycles. The molecule has 0 saturated carbocycles. The molecule has 0 unspecified atom stereocenters. The maximum atomic E-state index is 13.1. The fourth-order valence-electron chi connectivity index (χ4n) is 4.75. The summed E-state index contributed by atoms with van der Waals surface area (Å²) in [5.41, 5.74) is 7.74. The Morgan fingerprint density at radius 3 is 2.50 bits per heavy atom. The van der Waals surface area contributed by atoms with E-state index >= 15 is 0 Å². The highest BCUT2D eigenvalue weighted by molar-refractivity contribution is 8.18. The second kappa shape index (κ2) is 8.28. The normalized spacial score (nSPS) is 18.9. The molecule has 0 spiro atoms. The van der Waals surface area contributed by atoms with Gasteiger partial charge in [0.05, 0.1) is 17.0 Å². The van der Waals surface area contributed by atoms with Gasteiger partial charge in [-0.1, -0.05) is 35.9 Å². The number of rotatable bonds is 4. The van der Waals surface area contributed by atoms with Crippen LogP contribution < -0.4 is 4.90 Å². The van der Waals surface area contributed by atoms with Crippen LogP contribution in [0, 0.1) is 13.8 Å². The van der Waals surface area contributed by atoms with Crippen molar-refractivity contribution in [2.45, 2.75) is 53.6 Å². The zero-order valence-corrected chi connectivity index (χ0v) is 20.5. The van der Waals surface area contributed by atoms with E-state index in [0.717, 1.165) is 40.6 Å². The molecule has 166 valence electrons. The molecule has 0 N–H and O–H groups in total. The van der Waals surface area contributed by atoms with E-state index in [4.69, 9.17) is 0 Å². The van der Waals surface area contributed by atoms with Crippen molar-refractivity contribution in [1.29, 1.82) is 0 Å². The number of imide groups is 1. The zero-order chi connectivity index (χ0) is 23.2. The zero-order valence-electron chi connectivity index (χ0n) is 19.7. The predicted octanol–water partition coefficient (Wildman–Crippen LogP) is 6.56. The molecule has 1 saturated heterocycles. The monoisotopic (exact) mass is 446 g/mol. The molecule has 4 nitrogen and oxygen atoms in total. The van der Waals surface area contributed by atoms with E-state index in [-0.39, 0.29) is 16.7 Å². The smallest absolute Gasteiger partial charge is 0.293 e. The van der Waals surface area contributed by atoms with Crippen LogP contribution in [0.15, 0.2) is 47.4 Å². The van der Waals surface area contributed by atoms with Crippen LogP contribution in [0.4, 0.5) is 10.5 Å². The highest BCUT2D eigenvalue weighted by Crippen LogP contribution is 2.41. The highest BCUT2D eigenvalue weighted by atomic mass is 32.2. The predicted molar refractivity (Wildman–Crippen MR) is 135 cm³/mol. The van der Waals surface area contributed by atoms with Gasteiger partial charge in [0.15, 0.2) is 0 Å². The molecule has 0 atom stereocenters. The molecule has 0 bridgehead atoms. The minimum absolute atomic E-state index is 0.0434. The van der Waals surface area contributed by atoms with E-state index in [0.29, 0.717) is 11.4 Å². The van der Waals surface area contributed by atoms with E-state index in [1.54, 1.807) is 0 Å². The van der Waals surface area contributed by atoms with Crippen LogP contribution in [0.2, 0.25) is 0 Å². The Labute approximate surface area is 195 Å². The van der Waals surface area contributed by atoms with Gasteiger partial charge >= 0.3 is 0 Å². The Balaban J connectivity index is 1.67. The maximum Gasteiger partial charge on any atom is 0.293 e. The Hall–Kier alpha value is -2.79. The molecule has 5 heteroatoms. The highest BCUT2D eigenvalue weighted by Gasteiger charge is 2.35. The average molecular weight is 447 g/mol. The number of nitrogens with zero attached hydrogens (tertiary/aromatic N) is 2. The van der Waals surface area contributed by atoms with Crippen molar-refractivity contribution in [3.8, 4) is 0 Å². The average Bonchev–Trinajstić information content (AvgIpc) is 2.96. The van der Waals surface area contributed by atoms with Gasteiger partial charge in [0.25, 0.3) is 11.1 Å². The molecule has 2 heterocycles. The number of hydrogen-bond donors (Lipinski definition) is 0. The van der Waals surface area contributed by atoms with Crippen LogP contribution in [-0.4, -0.2) is 28.1 Å². The standard InChI is InChI=1S/C27H30N2O2S/c1-7-29-23-12-18(3)21(13-22(23)19(4)15-27(29,5)6)14-24-25(30)28(26(31)32-24)16-20-10-8-9-17(2)11-20/h8-15H,7,16H2,1-6H3/b24-14+. The van der Waals surface area contributed by atoms with Gasteiger partial charge in [-0.25, -0.2) is 0 Å². The van der Waals surface area contributed by atoms with Gasteiger partial charge in [-0.3, -0.25) is 14.5 Å². The number of likely N-dealkylation sites (N-methyl/N-ethyl adjacent to an activating group) is 1. The van der Waals surface area contributed by atoms with E-state index in [2.05, 4.69) is 57.7 Å². The van der Waals surface area contributed by atoms with Gasteiger partial charge in [-0.2, -0.15) is 0 Å². The Morgan fingerprint density at radius 1 is 1.06 bits per heavy atom. The van der Waals surface area contributed by atoms with Gasteiger partial charge in [0.2, 0.25) is 0 Å². The lowest BCUT2D eigenvalue weighted by Crippen LogP contribution is -2.44. The summed E-state index contributed by atoms with van der Waals surface area (Å²) in [5, 5.41) is -0.214. The van der Waals surface area contributed by atoms with Crippen molar-refractivity contribution >= 4 is 40.2 Å². The largest absolute Gasteiger partial charge is 0.363 e. The summed E-state index contributed by atoms with van der Waals surface area (Å²) in [4.78, 5) is 29.9. The van der Waals surface area contributed by atoms with Crippen LogP contribution in [0.5, 0.6) is 0 Å².